The molecular weight excluding hydrogens is 719 g/mol. The predicted octanol–water partition coefficient (Wildman–Crippen LogP) is 6.74. The van der Waals surface area contributed by atoms with E-state index < -0.39 is 25.6 Å². The molecule has 7 aromatic rings. The highest BCUT2D eigenvalue weighted by atomic mass is 32.2. The second-order valence-corrected chi connectivity index (χ2v) is 14.6. The molecule has 0 atom stereocenters. The van der Waals surface area contributed by atoms with Crippen molar-refractivity contribution in [3.8, 4) is 22.8 Å². The maximum atomic E-state index is 12.7. The zero-order valence-corrected chi connectivity index (χ0v) is 30.1. The largest absolute Gasteiger partial charge is 0.440 e. The molecule has 0 radical (unpaired) electrons. The number of aromatic amines is 1. The number of rotatable bonds is 8. The number of oxazole rings is 1. The molecular formula is C37H33N7O7S2. The molecule has 0 aliphatic carbocycles. The van der Waals surface area contributed by atoms with E-state index in [0.717, 1.165) is 35.2 Å². The lowest BCUT2D eigenvalue weighted by Gasteiger charge is -2.04. The SMILES string of the molecule is Cc1ccc(S(=O)(=O)CN=O)cc1.Cc1ccc(S(=O)(=O)c2ncoc2-c2ccccn2)cc1.O=Cc1ccccn1.c1ccc(-c2cnc[nH]2)nc1. The van der Waals surface area contributed by atoms with E-state index in [-0.39, 0.29) is 20.6 Å². The number of pyridine rings is 3. The predicted molar refractivity (Wildman–Crippen MR) is 197 cm³/mol. The Labute approximate surface area is 305 Å². The minimum absolute atomic E-state index is 0.120. The van der Waals surface area contributed by atoms with E-state index in [1.165, 1.54) is 12.1 Å². The van der Waals surface area contributed by atoms with Crippen LogP contribution in [0, 0.1) is 18.8 Å². The van der Waals surface area contributed by atoms with Crippen LogP contribution < -0.4 is 0 Å². The van der Waals surface area contributed by atoms with Gasteiger partial charge < -0.3 is 9.40 Å². The van der Waals surface area contributed by atoms with Gasteiger partial charge in [0.15, 0.2) is 24.3 Å². The van der Waals surface area contributed by atoms with Gasteiger partial charge in [-0.15, -0.1) is 4.91 Å². The highest BCUT2D eigenvalue weighted by Crippen LogP contribution is 2.29. The summed E-state index contributed by atoms with van der Waals surface area (Å²) >= 11 is 0. The summed E-state index contributed by atoms with van der Waals surface area (Å²) in [6.45, 7) is 3.75. The number of aromatic nitrogens is 6. The number of carbonyl (C=O) groups is 1. The molecule has 0 bridgehead atoms. The number of aldehydes is 1. The first-order valence-electron chi connectivity index (χ1n) is 15.6. The zero-order valence-electron chi connectivity index (χ0n) is 28.4. The van der Waals surface area contributed by atoms with Gasteiger partial charge in [-0.05, 0) is 74.5 Å². The first-order chi connectivity index (χ1) is 25.5. The number of nitroso groups, excluding NO2 is 1. The molecule has 14 nitrogen and oxygen atoms in total. The second-order valence-electron chi connectivity index (χ2n) is 10.8. The summed E-state index contributed by atoms with van der Waals surface area (Å²) in [6, 6.07) is 29.0. The number of hydrogen-bond donors (Lipinski definition) is 1. The van der Waals surface area contributed by atoms with Crippen molar-refractivity contribution in [1.82, 2.24) is 29.9 Å². The molecule has 5 aromatic heterocycles. The summed E-state index contributed by atoms with van der Waals surface area (Å²) in [4.78, 5) is 42.8. The van der Waals surface area contributed by atoms with E-state index in [9.17, 15) is 26.5 Å². The van der Waals surface area contributed by atoms with Crippen LogP contribution in [-0.2, 0) is 19.7 Å². The minimum Gasteiger partial charge on any atom is -0.440 e. The van der Waals surface area contributed by atoms with Crippen LogP contribution in [-0.4, -0.2) is 58.9 Å². The Balaban J connectivity index is 0.000000169. The van der Waals surface area contributed by atoms with Crippen molar-refractivity contribution in [2.45, 2.75) is 28.7 Å². The van der Waals surface area contributed by atoms with E-state index in [0.29, 0.717) is 11.4 Å². The molecule has 0 saturated heterocycles. The fourth-order valence-electron chi connectivity index (χ4n) is 4.18. The molecule has 53 heavy (non-hydrogen) atoms. The van der Waals surface area contributed by atoms with Gasteiger partial charge in [-0.25, -0.2) is 26.8 Å². The molecule has 1 N–H and O–H groups in total. The quantitative estimate of drug-likeness (QED) is 0.127. The van der Waals surface area contributed by atoms with E-state index in [1.54, 1.807) is 104 Å². The van der Waals surface area contributed by atoms with Crippen molar-refractivity contribution < 1.29 is 26.0 Å². The number of nitrogens with zero attached hydrogens (tertiary/aromatic N) is 6. The number of H-pyrrole nitrogens is 1. The van der Waals surface area contributed by atoms with Crippen molar-refractivity contribution in [3.05, 3.63) is 162 Å². The molecule has 0 aliphatic heterocycles. The number of sulfone groups is 2. The minimum atomic E-state index is -3.74. The number of aryl methyl sites for hydroxylation is 2. The number of carbonyl (C=O) groups excluding carboxylic acids is 1. The molecule has 0 aliphatic rings. The Morgan fingerprint density at radius 1 is 0.698 bits per heavy atom. The van der Waals surface area contributed by atoms with Gasteiger partial charge in [0.1, 0.15) is 11.4 Å². The van der Waals surface area contributed by atoms with Crippen LogP contribution >= 0.6 is 0 Å². The third-order valence-corrected chi connectivity index (χ3v) is 10.00. The van der Waals surface area contributed by atoms with Gasteiger partial charge in [-0.1, -0.05) is 58.8 Å². The monoisotopic (exact) mass is 751 g/mol. The molecule has 270 valence electrons. The molecule has 5 heterocycles. The summed E-state index contributed by atoms with van der Waals surface area (Å²) in [5, 5.41) is 2.25. The fourth-order valence-corrected chi connectivity index (χ4v) is 6.31. The van der Waals surface area contributed by atoms with Gasteiger partial charge in [-0.3, -0.25) is 19.7 Å². The van der Waals surface area contributed by atoms with Crippen LogP contribution in [0.4, 0.5) is 0 Å². The highest BCUT2D eigenvalue weighted by Gasteiger charge is 2.27. The van der Waals surface area contributed by atoms with E-state index in [2.05, 4.69) is 35.1 Å². The van der Waals surface area contributed by atoms with Crippen LogP contribution in [0.5, 0.6) is 0 Å². The lowest BCUT2D eigenvalue weighted by atomic mass is 10.2. The first kappa shape index (κ1) is 39.3. The van der Waals surface area contributed by atoms with Gasteiger partial charge in [-0.2, -0.15) is 0 Å². The molecule has 0 amide bonds. The topological polar surface area (TPSA) is 208 Å². The third kappa shape index (κ3) is 11.5. The molecule has 0 saturated carbocycles. The summed E-state index contributed by atoms with van der Waals surface area (Å²) in [6.07, 6.45) is 10.2. The van der Waals surface area contributed by atoms with Gasteiger partial charge in [0, 0.05) is 18.6 Å². The smallest absolute Gasteiger partial charge is 0.227 e. The molecule has 2 aromatic carbocycles. The van der Waals surface area contributed by atoms with Crippen LogP contribution in [0.1, 0.15) is 21.6 Å². The Hall–Kier alpha value is -6.52. The fraction of sp³-hybridized carbons (Fsp3) is 0.0811. The van der Waals surface area contributed by atoms with E-state index >= 15 is 0 Å². The van der Waals surface area contributed by atoms with Crippen LogP contribution in [0.3, 0.4) is 0 Å². The van der Waals surface area contributed by atoms with Crippen molar-refractivity contribution in [2.24, 2.45) is 5.18 Å². The van der Waals surface area contributed by atoms with Gasteiger partial charge in [0.05, 0.1) is 33.7 Å². The molecule has 0 fully saturated rings. The normalized spacial score (nSPS) is 10.6. The highest BCUT2D eigenvalue weighted by molar-refractivity contribution is 7.91. The van der Waals surface area contributed by atoms with Crippen LogP contribution in [0.2, 0.25) is 0 Å². The summed E-state index contributed by atoms with van der Waals surface area (Å²) in [7, 11) is -7.24. The Bertz CT molecular complexity index is 2380. The number of hydrogen-bond acceptors (Lipinski definition) is 13. The standard InChI is InChI=1S/C15H12N2O3S.C8H7N3.C8H9NO3S.C6H5NO/c1-11-5-7-12(8-6-11)21(18,19)15-14(20-10-17-15)13-4-2-3-9-16-13;1-2-4-10-7(3-1)8-5-9-6-11-8;1-7-2-4-8(5-3-7)13(11,12)6-9-10;8-5-6-3-1-2-4-7-6/h2-10H,1H3;1-6H,(H,9,11);2-5H,6H2,1H3;1-5H. The summed E-state index contributed by atoms with van der Waals surface area (Å²) in [5.41, 5.74) is 4.74. The maximum Gasteiger partial charge on any atom is 0.227 e. The third-order valence-electron chi connectivity index (χ3n) is 6.87. The lowest BCUT2D eigenvalue weighted by molar-refractivity contribution is 0.111. The first-order valence-corrected chi connectivity index (χ1v) is 18.7. The Morgan fingerprint density at radius 2 is 1.26 bits per heavy atom. The van der Waals surface area contributed by atoms with Crippen molar-refractivity contribution in [3.63, 3.8) is 0 Å². The summed E-state index contributed by atoms with van der Waals surface area (Å²) in [5.74, 6) is -0.549. The zero-order chi connectivity index (χ0) is 38.1. The molecule has 0 unspecified atom stereocenters. The molecule has 16 heteroatoms. The molecule has 0 spiro atoms. The maximum absolute atomic E-state index is 12.7. The van der Waals surface area contributed by atoms with E-state index in [4.69, 9.17) is 4.42 Å². The van der Waals surface area contributed by atoms with Gasteiger partial charge in [0.2, 0.25) is 24.7 Å². The van der Waals surface area contributed by atoms with Crippen molar-refractivity contribution >= 4 is 26.0 Å². The number of nitrogens with one attached hydrogen (secondary N) is 1. The second kappa shape index (κ2) is 19.2. The number of benzene rings is 2. The van der Waals surface area contributed by atoms with Crippen LogP contribution in [0.15, 0.2) is 165 Å². The van der Waals surface area contributed by atoms with Crippen molar-refractivity contribution in [2.75, 3.05) is 5.88 Å². The lowest BCUT2D eigenvalue weighted by Crippen LogP contribution is -2.04. The van der Waals surface area contributed by atoms with Gasteiger partial charge >= 0.3 is 0 Å². The average molecular weight is 752 g/mol. The Morgan fingerprint density at radius 3 is 1.74 bits per heavy atom. The van der Waals surface area contributed by atoms with Crippen LogP contribution in [0.25, 0.3) is 22.8 Å². The summed E-state index contributed by atoms with van der Waals surface area (Å²) < 4.78 is 53.0. The average Bonchev–Trinajstić information content (AvgIpc) is 3.92. The van der Waals surface area contributed by atoms with Gasteiger partial charge in [0.25, 0.3) is 0 Å². The van der Waals surface area contributed by atoms with Crippen molar-refractivity contribution in [1.29, 1.82) is 0 Å². The Kier molecular flexibility index (Phi) is 14.2. The number of imidazole rings is 1. The molecule has 7 rings (SSSR count). The van der Waals surface area contributed by atoms with E-state index in [1.807, 2.05) is 32.0 Å².